The molecule has 0 spiro atoms. The van der Waals surface area contributed by atoms with Crippen molar-refractivity contribution in [3.05, 3.63) is 59.8 Å². The predicted molar refractivity (Wildman–Crippen MR) is 96.0 cm³/mol. The number of aromatic amines is 1. The summed E-state index contributed by atoms with van der Waals surface area (Å²) in [5.41, 5.74) is 2.71. The standard InChI is InChI=1S/C19H19N3O3/c1-3-25-17-10-5-4-9-14(17)20-19(24)16-11-15(21-22-16)13-8-6-7-12(2)18(13)23/h4-11,23H,3H2,1-2H3,(H,20,24)(H,21,22). The molecule has 1 amide bonds. The van der Waals surface area contributed by atoms with E-state index in [-0.39, 0.29) is 11.7 Å². The summed E-state index contributed by atoms with van der Waals surface area (Å²) in [7, 11) is 0. The number of amides is 1. The first-order valence-corrected chi connectivity index (χ1v) is 7.97. The molecule has 6 nitrogen and oxygen atoms in total. The Labute approximate surface area is 145 Å². The van der Waals surface area contributed by atoms with Gasteiger partial charge in [-0.3, -0.25) is 9.89 Å². The highest BCUT2D eigenvalue weighted by Gasteiger charge is 2.15. The molecule has 6 heteroatoms. The summed E-state index contributed by atoms with van der Waals surface area (Å²) in [6, 6.07) is 14.2. The van der Waals surface area contributed by atoms with Gasteiger partial charge in [-0.25, -0.2) is 0 Å². The normalized spacial score (nSPS) is 10.5. The number of hydrogen-bond acceptors (Lipinski definition) is 4. The third-order valence-electron chi connectivity index (χ3n) is 3.77. The minimum absolute atomic E-state index is 0.155. The molecule has 0 saturated carbocycles. The summed E-state index contributed by atoms with van der Waals surface area (Å²) >= 11 is 0. The Hall–Kier alpha value is -3.28. The van der Waals surface area contributed by atoms with Crippen LogP contribution in [0.15, 0.2) is 48.5 Å². The Kier molecular flexibility index (Phi) is 4.70. The van der Waals surface area contributed by atoms with Crippen LogP contribution in [0.4, 0.5) is 5.69 Å². The summed E-state index contributed by atoms with van der Waals surface area (Å²) in [6.07, 6.45) is 0. The maximum atomic E-state index is 12.5. The number of phenolic OH excluding ortho intramolecular Hbond substituents is 1. The molecule has 0 aliphatic carbocycles. The second-order valence-corrected chi connectivity index (χ2v) is 5.52. The number of anilines is 1. The monoisotopic (exact) mass is 337 g/mol. The maximum absolute atomic E-state index is 12.5. The van der Waals surface area contributed by atoms with Gasteiger partial charge >= 0.3 is 0 Å². The summed E-state index contributed by atoms with van der Waals surface area (Å²) in [6.45, 7) is 4.20. The number of aryl methyl sites for hydroxylation is 1. The van der Waals surface area contributed by atoms with Crippen molar-refractivity contribution < 1.29 is 14.6 Å². The fourth-order valence-corrected chi connectivity index (χ4v) is 2.48. The van der Waals surface area contributed by atoms with E-state index in [9.17, 15) is 9.90 Å². The first-order valence-electron chi connectivity index (χ1n) is 7.97. The molecule has 0 atom stereocenters. The van der Waals surface area contributed by atoms with E-state index in [1.807, 2.05) is 38.1 Å². The molecular weight excluding hydrogens is 318 g/mol. The highest BCUT2D eigenvalue weighted by molar-refractivity contribution is 6.04. The zero-order valence-electron chi connectivity index (χ0n) is 14.0. The Balaban J connectivity index is 1.83. The Morgan fingerprint density at radius 1 is 1.24 bits per heavy atom. The molecule has 25 heavy (non-hydrogen) atoms. The van der Waals surface area contributed by atoms with Crippen molar-refractivity contribution in [1.29, 1.82) is 0 Å². The van der Waals surface area contributed by atoms with E-state index in [1.165, 1.54) is 0 Å². The lowest BCUT2D eigenvalue weighted by atomic mass is 10.1. The zero-order valence-corrected chi connectivity index (χ0v) is 14.0. The molecule has 3 aromatic rings. The first-order chi connectivity index (χ1) is 12.1. The van der Waals surface area contributed by atoms with Gasteiger partial charge in [0.15, 0.2) is 0 Å². The Bertz CT molecular complexity index is 902. The fraction of sp³-hybridized carbons (Fsp3) is 0.158. The highest BCUT2D eigenvalue weighted by Crippen LogP contribution is 2.31. The van der Waals surface area contributed by atoms with E-state index < -0.39 is 0 Å². The average molecular weight is 337 g/mol. The number of ether oxygens (including phenoxy) is 1. The number of aromatic nitrogens is 2. The van der Waals surface area contributed by atoms with E-state index in [2.05, 4.69) is 15.5 Å². The van der Waals surface area contributed by atoms with Crippen LogP contribution in [-0.4, -0.2) is 27.8 Å². The fourth-order valence-electron chi connectivity index (χ4n) is 2.48. The van der Waals surface area contributed by atoms with Crippen molar-refractivity contribution in [2.45, 2.75) is 13.8 Å². The predicted octanol–water partition coefficient (Wildman–Crippen LogP) is 3.74. The second kappa shape index (κ2) is 7.09. The van der Waals surface area contributed by atoms with E-state index in [1.54, 1.807) is 24.3 Å². The van der Waals surface area contributed by atoms with Gasteiger partial charge in [0.1, 0.15) is 17.2 Å². The molecule has 0 radical (unpaired) electrons. The molecule has 0 aliphatic rings. The number of aromatic hydroxyl groups is 1. The number of H-pyrrole nitrogens is 1. The van der Waals surface area contributed by atoms with Gasteiger partial charge < -0.3 is 15.2 Å². The van der Waals surface area contributed by atoms with Crippen molar-refractivity contribution in [3.8, 4) is 22.8 Å². The van der Waals surface area contributed by atoms with Crippen LogP contribution in [0.1, 0.15) is 23.0 Å². The maximum Gasteiger partial charge on any atom is 0.273 e. The molecule has 3 N–H and O–H groups in total. The van der Waals surface area contributed by atoms with Crippen molar-refractivity contribution in [2.24, 2.45) is 0 Å². The van der Waals surface area contributed by atoms with E-state index in [0.29, 0.717) is 35.0 Å². The van der Waals surface area contributed by atoms with Crippen LogP contribution < -0.4 is 10.1 Å². The van der Waals surface area contributed by atoms with Crippen molar-refractivity contribution in [2.75, 3.05) is 11.9 Å². The first kappa shape index (κ1) is 16.6. The lowest BCUT2D eigenvalue weighted by Gasteiger charge is -2.10. The van der Waals surface area contributed by atoms with Gasteiger partial charge in [-0.05, 0) is 43.7 Å². The summed E-state index contributed by atoms with van der Waals surface area (Å²) in [5.74, 6) is 0.426. The summed E-state index contributed by atoms with van der Waals surface area (Å²) in [5, 5.41) is 19.8. The van der Waals surface area contributed by atoms with Crippen LogP contribution in [0.3, 0.4) is 0 Å². The van der Waals surface area contributed by atoms with Gasteiger partial charge in [0.25, 0.3) is 5.91 Å². The van der Waals surface area contributed by atoms with Crippen LogP contribution in [0.5, 0.6) is 11.5 Å². The molecule has 1 aromatic heterocycles. The number of rotatable bonds is 5. The van der Waals surface area contributed by atoms with E-state index in [4.69, 9.17) is 4.74 Å². The smallest absolute Gasteiger partial charge is 0.273 e. The van der Waals surface area contributed by atoms with Gasteiger partial charge in [0, 0.05) is 5.56 Å². The number of carbonyl (C=O) groups is 1. The largest absolute Gasteiger partial charge is 0.507 e. The average Bonchev–Trinajstić information content (AvgIpc) is 3.09. The minimum Gasteiger partial charge on any atom is -0.507 e. The van der Waals surface area contributed by atoms with Gasteiger partial charge in [-0.1, -0.05) is 24.3 Å². The SMILES string of the molecule is CCOc1ccccc1NC(=O)c1cc(-c2cccc(C)c2O)n[nH]1. The van der Waals surface area contributed by atoms with E-state index >= 15 is 0 Å². The number of carbonyl (C=O) groups excluding carboxylic acids is 1. The molecule has 0 bridgehead atoms. The topological polar surface area (TPSA) is 87.2 Å². The third kappa shape index (κ3) is 3.47. The van der Waals surface area contributed by atoms with Crippen LogP contribution >= 0.6 is 0 Å². The number of phenols is 1. The van der Waals surface area contributed by atoms with Gasteiger partial charge in [-0.2, -0.15) is 5.10 Å². The number of nitrogens with one attached hydrogen (secondary N) is 2. The molecule has 128 valence electrons. The number of para-hydroxylation sites is 3. The van der Waals surface area contributed by atoms with Crippen LogP contribution in [0, 0.1) is 6.92 Å². The molecule has 3 rings (SSSR count). The molecular formula is C19H19N3O3. The Morgan fingerprint density at radius 3 is 2.84 bits per heavy atom. The second-order valence-electron chi connectivity index (χ2n) is 5.52. The van der Waals surface area contributed by atoms with Crippen LogP contribution in [0.25, 0.3) is 11.3 Å². The lowest BCUT2D eigenvalue weighted by Crippen LogP contribution is -2.13. The van der Waals surface area contributed by atoms with Gasteiger partial charge in [-0.15, -0.1) is 0 Å². The highest BCUT2D eigenvalue weighted by atomic mass is 16.5. The zero-order chi connectivity index (χ0) is 17.8. The molecule has 0 aliphatic heterocycles. The minimum atomic E-state index is -0.335. The van der Waals surface area contributed by atoms with Gasteiger partial charge in [0.2, 0.25) is 0 Å². The van der Waals surface area contributed by atoms with Crippen molar-refractivity contribution in [1.82, 2.24) is 10.2 Å². The van der Waals surface area contributed by atoms with Gasteiger partial charge in [0.05, 0.1) is 18.0 Å². The number of hydrogen-bond donors (Lipinski definition) is 3. The molecule has 0 fully saturated rings. The van der Waals surface area contributed by atoms with Crippen LogP contribution in [-0.2, 0) is 0 Å². The molecule has 0 saturated heterocycles. The number of benzene rings is 2. The van der Waals surface area contributed by atoms with Crippen molar-refractivity contribution in [3.63, 3.8) is 0 Å². The third-order valence-corrected chi connectivity index (χ3v) is 3.77. The molecule has 1 heterocycles. The van der Waals surface area contributed by atoms with Crippen molar-refractivity contribution >= 4 is 11.6 Å². The van der Waals surface area contributed by atoms with E-state index in [0.717, 1.165) is 5.56 Å². The Morgan fingerprint density at radius 2 is 2.04 bits per heavy atom. The molecule has 0 unspecified atom stereocenters. The lowest BCUT2D eigenvalue weighted by molar-refractivity contribution is 0.102. The summed E-state index contributed by atoms with van der Waals surface area (Å²) < 4.78 is 5.50. The van der Waals surface area contributed by atoms with Crippen LogP contribution in [0.2, 0.25) is 0 Å². The quantitative estimate of drug-likeness (QED) is 0.662. The number of nitrogens with zero attached hydrogens (tertiary/aromatic N) is 1. The summed E-state index contributed by atoms with van der Waals surface area (Å²) in [4.78, 5) is 12.5. The molecule has 2 aromatic carbocycles.